The number of fused-ring (bicyclic) bond motifs is 3. The van der Waals surface area contributed by atoms with Gasteiger partial charge in [-0.25, -0.2) is 4.79 Å². The molecule has 6 heteroatoms. The highest BCUT2D eigenvalue weighted by Gasteiger charge is 2.38. The van der Waals surface area contributed by atoms with E-state index in [0.29, 0.717) is 41.6 Å². The SMILES string of the molecule is C=C[C@H]1CN2CC[C@@H]1C[C@@H]2CNC(=O)Nc1cc(OC)cc(OC)c1. The van der Waals surface area contributed by atoms with Crippen LogP contribution in [-0.4, -0.2) is 50.8 Å². The minimum Gasteiger partial charge on any atom is -0.497 e. The van der Waals surface area contributed by atoms with Gasteiger partial charge in [-0.05, 0) is 31.2 Å². The van der Waals surface area contributed by atoms with Crippen molar-refractivity contribution >= 4 is 11.7 Å². The molecule has 4 atom stereocenters. The van der Waals surface area contributed by atoms with Crippen LogP contribution in [0.4, 0.5) is 10.5 Å². The summed E-state index contributed by atoms with van der Waals surface area (Å²) in [6, 6.07) is 5.51. The van der Waals surface area contributed by atoms with Crippen molar-refractivity contribution in [3.8, 4) is 11.5 Å². The molecule has 0 aliphatic carbocycles. The van der Waals surface area contributed by atoms with Gasteiger partial charge in [-0.1, -0.05) is 6.08 Å². The predicted molar refractivity (Wildman–Crippen MR) is 98.3 cm³/mol. The Balaban J connectivity index is 1.53. The summed E-state index contributed by atoms with van der Waals surface area (Å²) < 4.78 is 10.4. The van der Waals surface area contributed by atoms with Crippen molar-refractivity contribution < 1.29 is 14.3 Å². The molecule has 0 aromatic heterocycles. The number of hydrogen-bond acceptors (Lipinski definition) is 4. The van der Waals surface area contributed by atoms with Crippen LogP contribution in [0.3, 0.4) is 0 Å². The highest BCUT2D eigenvalue weighted by atomic mass is 16.5. The van der Waals surface area contributed by atoms with E-state index < -0.39 is 0 Å². The predicted octanol–water partition coefficient (Wildman–Crippen LogP) is 2.72. The number of nitrogens with zero attached hydrogens (tertiary/aromatic N) is 1. The van der Waals surface area contributed by atoms with Gasteiger partial charge in [-0.15, -0.1) is 6.58 Å². The standard InChI is InChI=1S/C19H27N3O3/c1-4-13-12-22-6-5-14(13)7-16(22)11-20-19(23)21-15-8-17(24-2)10-18(9-15)25-3/h4,8-10,13-14,16H,1,5-7,11-12H2,2-3H3,(H2,20,21,23)/t13-,14+,16+/m0/s1. The number of ether oxygens (including phenoxy) is 2. The number of hydrogen-bond donors (Lipinski definition) is 2. The monoisotopic (exact) mass is 345 g/mol. The van der Waals surface area contributed by atoms with E-state index in [2.05, 4.69) is 28.2 Å². The maximum absolute atomic E-state index is 12.2. The van der Waals surface area contributed by atoms with Crippen molar-refractivity contribution in [3.05, 3.63) is 30.9 Å². The smallest absolute Gasteiger partial charge is 0.319 e. The van der Waals surface area contributed by atoms with E-state index in [4.69, 9.17) is 9.47 Å². The summed E-state index contributed by atoms with van der Waals surface area (Å²) in [6.45, 7) is 6.80. The van der Waals surface area contributed by atoms with Crippen molar-refractivity contribution in [2.24, 2.45) is 11.8 Å². The molecule has 1 aromatic carbocycles. The molecular formula is C19H27N3O3. The second-order valence-electron chi connectivity index (χ2n) is 6.77. The maximum atomic E-state index is 12.2. The molecule has 2 bridgehead atoms. The summed E-state index contributed by atoms with van der Waals surface area (Å²) in [5.74, 6) is 2.59. The zero-order valence-corrected chi connectivity index (χ0v) is 15.0. The highest BCUT2D eigenvalue weighted by Crippen LogP contribution is 2.36. The Morgan fingerprint density at radius 2 is 2.04 bits per heavy atom. The third-order valence-corrected chi connectivity index (χ3v) is 5.34. The van der Waals surface area contributed by atoms with Gasteiger partial charge in [0.25, 0.3) is 0 Å². The number of piperidine rings is 3. The zero-order chi connectivity index (χ0) is 17.8. The largest absolute Gasteiger partial charge is 0.497 e. The summed E-state index contributed by atoms with van der Waals surface area (Å²) in [6.07, 6.45) is 4.45. The first-order valence-electron chi connectivity index (χ1n) is 8.77. The van der Waals surface area contributed by atoms with Gasteiger partial charge in [-0.3, -0.25) is 4.90 Å². The Bertz CT molecular complexity index is 612. The summed E-state index contributed by atoms with van der Waals surface area (Å²) in [7, 11) is 3.17. The fraction of sp³-hybridized carbons (Fsp3) is 0.526. The van der Waals surface area contributed by atoms with Crippen molar-refractivity contribution in [1.82, 2.24) is 10.2 Å². The van der Waals surface area contributed by atoms with E-state index in [1.54, 1.807) is 32.4 Å². The summed E-state index contributed by atoms with van der Waals surface area (Å²) >= 11 is 0. The topological polar surface area (TPSA) is 62.8 Å². The molecule has 3 aliphatic heterocycles. The van der Waals surface area contributed by atoms with E-state index in [1.165, 1.54) is 6.42 Å². The Morgan fingerprint density at radius 1 is 1.32 bits per heavy atom. The number of amides is 2. The molecule has 3 heterocycles. The number of anilines is 1. The van der Waals surface area contributed by atoms with Gasteiger partial charge in [-0.2, -0.15) is 0 Å². The lowest BCUT2D eigenvalue weighted by molar-refractivity contribution is 0.0209. The van der Waals surface area contributed by atoms with Gasteiger partial charge < -0.3 is 20.1 Å². The first-order valence-corrected chi connectivity index (χ1v) is 8.77. The third-order valence-electron chi connectivity index (χ3n) is 5.34. The summed E-state index contributed by atoms with van der Waals surface area (Å²) in [5.41, 5.74) is 0.644. The van der Waals surface area contributed by atoms with Crippen LogP contribution in [0, 0.1) is 11.8 Å². The average molecular weight is 345 g/mol. The number of rotatable bonds is 6. The van der Waals surface area contributed by atoms with Crippen molar-refractivity contribution in [2.75, 3.05) is 39.2 Å². The molecule has 3 saturated heterocycles. The van der Waals surface area contributed by atoms with Crippen molar-refractivity contribution in [1.29, 1.82) is 0 Å². The molecule has 0 saturated carbocycles. The molecule has 4 rings (SSSR count). The Hall–Kier alpha value is -2.21. The van der Waals surface area contributed by atoms with Gasteiger partial charge in [0.1, 0.15) is 11.5 Å². The average Bonchev–Trinajstić information content (AvgIpc) is 2.66. The van der Waals surface area contributed by atoms with Crippen LogP contribution in [0.5, 0.6) is 11.5 Å². The van der Waals surface area contributed by atoms with Crippen LogP contribution >= 0.6 is 0 Å². The van der Waals surface area contributed by atoms with E-state index in [-0.39, 0.29) is 6.03 Å². The van der Waals surface area contributed by atoms with E-state index >= 15 is 0 Å². The number of benzene rings is 1. The van der Waals surface area contributed by atoms with Crippen molar-refractivity contribution in [2.45, 2.75) is 18.9 Å². The van der Waals surface area contributed by atoms with Crippen LogP contribution in [0.25, 0.3) is 0 Å². The maximum Gasteiger partial charge on any atom is 0.319 e. The fourth-order valence-electron chi connectivity index (χ4n) is 3.92. The zero-order valence-electron chi connectivity index (χ0n) is 15.0. The quantitative estimate of drug-likeness (QED) is 0.778. The van der Waals surface area contributed by atoms with E-state index in [1.807, 2.05) is 0 Å². The number of nitrogens with one attached hydrogen (secondary N) is 2. The molecule has 1 unspecified atom stereocenters. The van der Waals surface area contributed by atoms with E-state index in [0.717, 1.165) is 19.5 Å². The molecule has 2 N–H and O–H groups in total. The van der Waals surface area contributed by atoms with Gasteiger partial charge in [0.2, 0.25) is 0 Å². The molecule has 2 amide bonds. The number of urea groups is 1. The van der Waals surface area contributed by atoms with Gasteiger partial charge in [0.15, 0.2) is 0 Å². The molecular weight excluding hydrogens is 318 g/mol. The molecule has 25 heavy (non-hydrogen) atoms. The number of carbonyl (C=O) groups excluding carboxylic acids is 1. The van der Waals surface area contributed by atoms with Gasteiger partial charge in [0.05, 0.1) is 14.2 Å². The van der Waals surface area contributed by atoms with Crippen LogP contribution in [0.15, 0.2) is 30.9 Å². The minimum absolute atomic E-state index is 0.210. The minimum atomic E-state index is -0.210. The van der Waals surface area contributed by atoms with Crippen molar-refractivity contribution in [3.63, 3.8) is 0 Å². The van der Waals surface area contributed by atoms with Gasteiger partial charge in [0, 0.05) is 43.0 Å². The first kappa shape index (κ1) is 17.6. The molecule has 6 nitrogen and oxygen atoms in total. The lowest BCUT2D eigenvalue weighted by Gasteiger charge is -2.49. The summed E-state index contributed by atoms with van der Waals surface area (Å²) in [4.78, 5) is 14.7. The van der Waals surface area contributed by atoms with Crippen LogP contribution in [0.2, 0.25) is 0 Å². The molecule has 1 aromatic rings. The second kappa shape index (κ2) is 7.78. The van der Waals surface area contributed by atoms with Crippen LogP contribution < -0.4 is 20.1 Å². The normalized spacial score (nSPS) is 27.4. The van der Waals surface area contributed by atoms with Crippen LogP contribution in [-0.2, 0) is 0 Å². The molecule has 0 spiro atoms. The lowest BCUT2D eigenvalue weighted by Crippen LogP contribution is -2.56. The second-order valence-corrected chi connectivity index (χ2v) is 6.77. The third kappa shape index (κ3) is 4.07. The van der Waals surface area contributed by atoms with Gasteiger partial charge >= 0.3 is 6.03 Å². The molecule has 3 aliphatic rings. The number of methoxy groups -OCH3 is 2. The first-order chi connectivity index (χ1) is 12.1. The van der Waals surface area contributed by atoms with E-state index in [9.17, 15) is 4.79 Å². The Kier molecular flexibility index (Phi) is 5.48. The Labute approximate surface area is 149 Å². The number of carbonyl (C=O) groups is 1. The molecule has 3 fully saturated rings. The van der Waals surface area contributed by atoms with Crippen LogP contribution in [0.1, 0.15) is 12.8 Å². The molecule has 0 radical (unpaired) electrons. The Morgan fingerprint density at radius 3 is 2.60 bits per heavy atom. The molecule has 136 valence electrons. The lowest BCUT2D eigenvalue weighted by atomic mass is 9.75. The fourth-order valence-corrected chi connectivity index (χ4v) is 3.92. The highest BCUT2D eigenvalue weighted by molar-refractivity contribution is 5.89. The summed E-state index contributed by atoms with van der Waals surface area (Å²) in [5, 5.41) is 5.84.